The number of amides is 1. The van der Waals surface area contributed by atoms with Crippen molar-refractivity contribution < 1.29 is 14.1 Å². The van der Waals surface area contributed by atoms with Gasteiger partial charge in [0.05, 0.1) is 13.2 Å². The second-order valence-corrected chi connectivity index (χ2v) is 3.04. The van der Waals surface area contributed by atoms with Crippen LogP contribution in [0.3, 0.4) is 0 Å². The number of methoxy groups -OCH3 is 1. The maximum atomic E-state index is 11.3. The van der Waals surface area contributed by atoms with Crippen LogP contribution in [0.25, 0.3) is 0 Å². The van der Waals surface area contributed by atoms with E-state index >= 15 is 0 Å². The van der Waals surface area contributed by atoms with E-state index in [1.54, 1.807) is 20.1 Å². The van der Waals surface area contributed by atoms with Crippen molar-refractivity contribution >= 4 is 11.7 Å². The van der Waals surface area contributed by atoms with Crippen LogP contribution in [-0.2, 0) is 9.53 Å². The lowest BCUT2D eigenvalue weighted by molar-refractivity contribution is -0.115. The highest BCUT2D eigenvalue weighted by Gasteiger charge is 2.04. The van der Waals surface area contributed by atoms with E-state index in [1.165, 1.54) is 0 Å². The van der Waals surface area contributed by atoms with Gasteiger partial charge in [-0.1, -0.05) is 5.16 Å². The smallest absolute Gasteiger partial charge is 0.239 e. The van der Waals surface area contributed by atoms with Crippen LogP contribution < -0.4 is 10.6 Å². The molecule has 0 aromatic carbocycles. The summed E-state index contributed by atoms with van der Waals surface area (Å²) < 4.78 is 9.63. The molecule has 0 aliphatic heterocycles. The minimum absolute atomic E-state index is 0.153. The number of aryl methyl sites for hydroxylation is 1. The molecular weight excluding hydrogens is 198 g/mol. The molecule has 0 radical (unpaired) electrons. The third-order valence-corrected chi connectivity index (χ3v) is 1.66. The Labute approximate surface area is 88.0 Å². The molecule has 6 nitrogen and oxygen atoms in total. The first-order chi connectivity index (χ1) is 7.22. The van der Waals surface area contributed by atoms with Crippen molar-refractivity contribution in [2.75, 3.05) is 32.1 Å². The average Bonchev–Trinajstić information content (AvgIpc) is 2.59. The molecule has 0 unspecified atom stereocenters. The zero-order valence-corrected chi connectivity index (χ0v) is 8.87. The normalized spacial score (nSPS) is 10.3. The predicted molar refractivity (Wildman–Crippen MR) is 54.6 cm³/mol. The van der Waals surface area contributed by atoms with Gasteiger partial charge in [-0.2, -0.15) is 0 Å². The first-order valence-corrected chi connectivity index (χ1v) is 4.65. The second kappa shape index (κ2) is 6.15. The summed E-state index contributed by atoms with van der Waals surface area (Å²) in [7, 11) is 1.61. The van der Waals surface area contributed by atoms with E-state index in [-0.39, 0.29) is 12.5 Å². The summed E-state index contributed by atoms with van der Waals surface area (Å²) in [5.41, 5.74) is 0. The van der Waals surface area contributed by atoms with Crippen LogP contribution in [0, 0.1) is 6.92 Å². The summed E-state index contributed by atoms with van der Waals surface area (Å²) in [6, 6.07) is 1.66. The van der Waals surface area contributed by atoms with Crippen molar-refractivity contribution in [3.8, 4) is 0 Å². The van der Waals surface area contributed by atoms with Crippen molar-refractivity contribution in [1.29, 1.82) is 0 Å². The predicted octanol–water partition coefficient (Wildman–Crippen LogP) is 0.158. The second-order valence-electron chi connectivity index (χ2n) is 3.04. The van der Waals surface area contributed by atoms with E-state index in [9.17, 15) is 4.79 Å². The number of carbonyl (C=O) groups excluding carboxylic acids is 1. The highest BCUT2D eigenvalue weighted by atomic mass is 16.5. The highest BCUT2D eigenvalue weighted by Crippen LogP contribution is 2.05. The van der Waals surface area contributed by atoms with E-state index in [2.05, 4.69) is 15.8 Å². The standard InChI is InChI=1S/C9H15N3O3/c1-7-5-8(12-15-7)11-9(13)6-10-3-4-14-2/h5,10H,3-4,6H2,1-2H3,(H,11,12,13). The van der Waals surface area contributed by atoms with Gasteiger partial charge in [0.1, 0.15) is 5.76 Å². The molecule has 1 aromatic rings. The van der Waals surface area contributed by atoms with Crippen LogP contribution in [0.1, 0.15) is 5.76 Å². The summed E-state index contributed by atoms with van der Waals surface area (Å²) in [5, 5.41) is 9.15. The minimum atomic E-state index is -0.153. The van der Waals surface area contributed by atoms with Gasteiger partial charge in [0, 0.05) is 19.7 Å². The van der Waals surface area contributed by atoms with E-state index in [0.29, 0.717) is 24.7 Å². The van der Waals surface area contributed by atoms with Crippen LogP contribution in [0.4, 0.5) is 5.82 Å². The Balaban J connectivity index is 2.18. The molecule has 0 saturated carbocycles. The summed E-state index contributed by atoms with van der Waals surface area (Å²) >= 11 is 0. The molecule has 0 spiro atoms. The fourth-order valence-electron chi connectivity index (χ4n) is 0.989. The average molecular weight is 213 g/mol. The molecule has 2 N–H and O–H groups in total. The number of carbonyl (C=O) groups is 1. The van der Waals surface area contributed by atoms with Crippen LogP contribution in [0.15, 0.2) is 10.6 Å². The van der Waals surface area contributed by atoms with Gasteiger partial charge < -0.3 is 19.9 Å². The molecule has 0 fully saturated rings. The monoisotopic (exact) mass is 213 g/mol. The number of anilines is 1. The minimum Gasteiger partial charge on any atom is -0.383 e. The Bertz CT molecular complexity index is 311. The topological polar surface area (TPSA) is 76.4 Å². The van der Waals surface area contributed by atoms with Gasteiger partial charge in [0.15, 0.2) is 5.82 Å². The van der Waals surface area contributed by atoms with E-state index in [1.807, 2.05) is 0 Å². The molecule has 1 heterocycles. The number of ether oxygens (including phenoxy) is 1. The molecule has 0 saturated heterocycles. The largest absolute Gasteiger partial charge is 0.383 e. The zero-order valence-electron chi connectivity index (χ0n) is 8.87. The van der Waals surface area contributed by atoms with E-state index in [4.69, 9.17) is 9.26 Å². The maximum Gasteiger partial charge on any atom is 0.239 e. The van der Waals surface area contributed by atoms with Gasteiger partial charge in [-0.05, 0) is 6.92 Å². The van der Waals surface area contributed by atoms with Gasteiger partial charge in [0.2, 0.25) is 5.91 Å². The molecule has 0 aliphatic rings. The Hall–Kier alpha value is -1.40. The number of nitrogens with zero attached hydrogens (tertiary/aromatic N) is 1. The van der Waals surface area contributed by atoms with Crippen molar-refractivity contribution in [3.63, 3.8) is 0 Å². The molecule has 6 heteroatoms. The molecule has 84 valence electrons. The summed E-state index contributed by atoms with van der Waals surface area (Å²) in [6.45, 7) is 3.22. The SMILES string of the molecule is COCCNCC(=O)Nc1cc(C)on1. The maximum absolute atomic E-state index is 11.3. The van der Waals surface area contributed by atoms with Crippen molar-refractivity contribution in [2.24, 2.45) is 0 Å². The van der Waals surface area contributed by atoms with Gasteiger partial charge in [0.25, 0.3) is 0 Å². The third-order valence-electron chi connectivity index (χ3n) is 1.66. The van der Waals surface area contributed by atoms with Crippen molar-refractivity contribution in [1.82, 2.24) is 10.5 Å². The first-order valence-electron chi connectivity index (χ1n) is 4.65. The highest BCUT2D eigenvalue weighted by molar-refractivity contribution is 5.91. The molecule has 0 bridgehead atoms. The number of hydrogen-bond donors (Lipinski definition) is 2. The summed E-state index contributed by atoms with van der Waals surface area (Å²) in [5.74, 6) is 0.947. The Morgan fingerprint density at radius 1 is 1.67 bits per heavy atom. The number of aromatic nitrogens is 1. The lowest BCUT2D eigenvalue weighted by Gasteiger charge is -2.03. The summed E-state index contributed by atoms with van der Waals surface area (Å²) in [4.78, 5) is 11.3. The molecule has 0 aliphatic carbocycles. The lowest BCUT2D eigenvalue weighted by atomic mass is 10.4. The van der Waals surface area contributed by atoms with E-state index < -0.39 is 0 Å². The zero-order chi connectivity index (χ0) is 11.1. The molecule has 15 heavy (non-hydrogen) atoms. The van der Waals surface area contributed by atoms with Crippen LogP contribution in [0.2, 0.25) is 0 Å². The third kappa shape index (κ3) is 4.57. The summed E-state index contributed by atoms with van der Waals surface area (Å²) in [6.07, 6.45) is 0. The number of hydrogen-bond acceptors (Lipinski definition) is 5. The van der Waals surface area contributed by atoms with Crippen molar-refractivity contribution in [3.05, 3.63) is 11.8 Å². The van der Waals surface area contributed by atoms with Crippen molar-refractivity contribution in [2.45, 2.75) is 6.92 Å². The van der Waals surface area contributed by atoms with Crippen LogP contribution in [-0.4, -0.2) is 37.9 Å². The molecule has 1 aromatic heterocycles. The molecule has 1 rings (SSSR count). The van der Waals surface area contributed by atoms with Gasteiger partial charge in [-0.15, -0.1) is 0 Å². The Morgan fingerprint density at radius 3 is 3.07 bits per heavy atom. The van der Waals surface area contributed by atoms with Gasteiger partial charge >= 0.3 is 0 Å². The molecular formula is C9H15N3O3. The first kappa shape index (κ1) is 11.7. The Morgan fingerprint density at radius 2 is 2.47 bits per heavy atom. The van der Waals surface area contributed by atoms with E-state index in [0.717, 1.165) is 0 Å². The number of rotatable bonds is 6. The fraction of sp³-hybridized carbons (Fsp3) is 0.556. The quantitative estimate of drug-likeness (QED) is 0.658. The molecule has 0 atom stereocenters. The van der Waals surface area contributed by atoms with Crippen LogP contribution in [0.5, 0.6) is 0 Å². The Kier molecular flexibility index (Phi) is 4.79. The fourth-order valence-corrected chi connectivity index (χ4v) is 0.989. The van der Waals surface area contributed by atoms with Gasteiger partial charge in [-0.3, -0.25) is 4.79 Å². The van der Waals surface area contributed by atoms with Gasteiger partial charge in [-0.25, -0.2) is 0 Å². The lowest BCUT2D eigenvalue weighted by Crippen LogP contribution is -2.30. The van der Waals surface area contributed by atoms with Crippen LogP contribution >= 0.6 is 0 Å². The molecule has 1 amide bonds. The number of nitrogens with one attached hydrogen (secondary N) is 2.